The number of carbonyl (C=O) groups is 1. The summed E-state index contributed by atoms with van der Waals surface area (Å²) in [5, 5.41) is 25.6. The van der Waals surface area contributed by atoms with Gasteiger partial charge in [0.2, 0.25) is 11.7 Å². The number of amides is 1. The molecule has 0 bridgehead atoms. The lowest BCUT2D eigenvalue weighted by atomic mass is 9.93. The lowest BCUT2D eigenvalue weighted by molar-refractivity contribution is -0.130. The second-order valence-electron chi connectivity index (χ2n) is 9.07. The molecule has 2 heterocycles. The quantitative estimate of drug-likeness (QED) is 0.463. The largest absolute Gasteiger partial charge is 0.490 e. The molecule has 1 aromatic heterocycles. The van der Waals surface area contributed by atoms with E-state index in [0.29, 0.717) is 48.2 Å². The summed E-state index contributed by atoms with van der Waals surface area (Å²) in [6.07, 6.45) is 1.48. The maximum absolute atomic E-state index is 12.5. The minimum atomic E-state index is -0.0396. The minimum absolute atomic E-state index is 0.00976. The van der Waals surface area contributed by atoms with Crippen LogP contribution in [0.3, 0.4) is 0 Å². The molecule has 0 aliphatic carbocycles. The molecule has 0 atom stereocenters. The molecule has 9 heteroatoms. The summed E-state index contributed by atoms with van der Waals surface area (Å²) >= 11 is 0. The summed E-state index contributed by atoms with van der Waals surface area (Å²) in [7, 11) is 0. The first kappa shape index (κ1) is 25.4. The third-order valence-electron chi connectivity index (χ3n) is 6.27. The highest BCUT2D eigenvalue weighted by atomic mass is 16.5. The molecule has 0 radical (unpaired) electrons. The Balaban J connectivity index is 1.54. The fraction of sp³-hybridized carbons (Fsp3) is 0.407. The predicted molar refractivity (Wildman–Crippen MR) is 134 cm³/mol. The van der Waals surface area contributed by atoms with Crippen LogP contribution in [0.15, 0.2) is 34.9 Å². The number of hydrogen-bond acceptors (Lipinski definition) is 8. The number of aliphatic hydroxyl groups excluding tert-OH is 1. The molecule has 1 aliphatic heterocycles. The molecule has 0 unspecified atom stereocenters. The Bertz CT molecular complexity index is 1280. The summed E-state index contributed by atoms with van der Waals surface area (Å²) in [4.78, 5) is 19.0. The van der Waals surface area contributed by atoms with Crippen molar-refractivity contribution in [1.29, 1.82) is 5.26 Å². The van der Waals surface area contributed by atoms with Crippen molar-refractivity contribution >= 4 is 5.91 Å². The average Bonchev–Trinajstić information content (AvgIpc) is 3.24. The first-order chi connectivity index (χ1) is 17.4. The molecule has 9 nitrogen and oxygen atoms in total. The van der Waals surface area contributed by atoms with Gasteiger partial charge in [0.05, 0.1) is 24.8 Å². The van der Waals surface area contributed by atoms with E-state index in [4.69, 9.17) is 14.4 Å². The molecule has 36 heavy (non-hydrogen) atoms. The van der Waals surface area contributed by atoms with Crippen molar-refractivity contribution in [1.82, 2.24) is 20.4 Å². The van der Waals surface area contributed by atoms with Gasteiger partial charge in [-0.25, -0.2) is 0 Å². The highest BCUT2D eigenvalue weighted by molar-refractivity contribution is 5.78. The van der Waals surface area contributed by atoms with Crippen LogP contribution in [0.2, 0.25) is 0 Å². The molecule has 0 spiro atoms. The first-order valence-electron chi connectivity index (χ1n) is 12.2. The van der Waals surface area contributed by atoms with E-state index in [1.165, 1.54) is 11.1 Å². The zero-order valence-electron chi connectivity index (χ0n) is 20.9. The molecule has 0 fully saturated rings. The average molecular weight is 490 g/mol. The lowest BCUT2D eigenvalue weighted by Crippen LogP contribution is -2.40. The SMILES string of the molecule is Cc1c(-c2noc(-c3ccc(OC(C)C)c(C#N)c3)n2)ccc2c1CCN(C(=O)CNCCO)CC2. The molecule has 0 saturated heterocycles. The number of nitrogens with zero attached hydrogens (tertiary/aromatic N) is 4. The molecule has 4 rings (SSSR count). The standard InChI is InChI=1S/C27H31N5O4/c1-17(2)35-24-7-5-20(14-21(24)15-28)27-30-26(31-36-27)23-6-4-19-8-11-32(12-9-22(19)18(23)3)25(34)16-29-10-13-33/h4-7,14,17,29,33H,8-13,16H2,1-3H3. The van der Waals surface area contributed by atoms with Crippen LogP contribution in [0.4, 0.5) is 0 Å². The number of aromatic nitrogens is 2. The van der Waals surface area contributed by atoms with E-state index >= 15 is 0 Å². The van der Waals surface area contributed by atoms with Crippen molar-refractivity contribution in [3.8, 4) is 34.7 Å². The van der Waals surface area contributed by atoms with Gasteiger partial charge < -0.3 is 24.6 Å². The Labute approximate surface area is 210 Å². The van der Waals surface area contributed by atoms with Crippen LogP contribution < -0.4 is 10.1 Å². The third-order valence-corrected chi connectivity index (χ3v) is 6.27. The van der Waals surface area contributed by atoms with Crippen LogP contribution in [0.5, 0.6) is 5.75 Å². The van der Waals surface area contributed by atoms with Crippen LogP contribution in [-0.2, 0) is 17.6 Å². The number of rotatable bonds is 8. The smallest absolute Gasteiger partial charge is 0.258 e. The van der Waals surface area contributed by atoms with Gasteiger partial charge in [0.25, 0.3) is 5.89 Å². The molecule has 3 aromatic rings. The topological polar surface area (TPSA) is 125 Å². The minimum Gasteiger partial charge on any atom is -0.490 e. The van der Waals surface area contributed by atoms with Crippen LogP contribution in [0.1, 0.15) is 36.1 Å². The van der Waals surface area contributed by atoms with Gasteiger partial charge in [-0.1, -0.05) is 17.3 Å². The van der Waals surface area contributed by atoms with E-state index in [2.05, 4.69) is 34.5 Å². The lowest BCUT2D eigenvalue weighted by Gasteiger charge is -2.20. The van der Waals surface area contributed by atoms with E-state index in [1.54, 1.807) is 18.2 Å². The zero-order valence-corrected chi connectivity index (χ0v) is 20.9. The summed E-state index contributed by atoms with van der Waals surface area (Å²) < 4.78 is 11.3. The number of hydrogen-bond donors (Lipinski definition) is 2. The molecule has 1 aliphatic rings. The van der Waals surface area contributed by atoms with E-state index in [0.717, 1.165) is 24.0 Å². The van der Waals surface area contributed by atoms with Gasteiger partial charge in [-0.15, -0.1) is 0 Å². The zero-order chi connectivity index (χ0) is 25.7. The fourth-order valence-corrected chi connectivity index (χ4v) is 4.44. The number of aliphatic hydroxyl groups is 1. The van der Waals surface area contributed by atoms with Gasteiger partial charge in [-0.05, 0) is 68.5 Å². The second-order valence-corrected chi connectivity index (χ2v) is 9.07. The number of benzene rings is 2. The van der Waals surface area contributed by atoms with Crippen molar-refractivity contribution in [2.24, 2.45) is 0 Å². The summed E-state index contributed by atoms with van der Waals surface area (Å²) in [5.74, 6) is 1.38. The van der Waals surface area contributed by atoms with Crippen molar-refractivity contribution < 1.29 is 19.2 Å². The molecule has 2 N–H and O–H groups in total. The number of carbonyl (C=O) groups excluding carboxylic acids is 1. The van der Waals surface area contributed by atoms with Crippen molar-refractivity contribution in [2.45, 2.75) is 39.7 Å². The Morgan fingerprint density at radius 3 is 2.83 bits per heavy atom. The Hall–Kier alpha value is -3.74. The number of nitrogens with one attached hydrogen (secondary N) is 1. The summed E-state index contributed by atoms with van der Waals surface area (Å²) in [6, 6.07) is 11.5. The van der Waals surface area contributed by atoms with E-state index in [9.17, 15) is 10.1 Å². The Morgan fingerprint density at radius 2 is 2.08 bits per heavy atom. The van der Waals surface area contributed by atoms with E-state index < -0.39 is 0 Å². The molecular formula is C27H31N5O4. The monoisotopic (exact) mass is 489 g/mol. The molecule has 0 saturated carbocycles. The number of nitriles is 1. The van der Waals surface area contributed by atoms with Crippen molar-refractivity contribution in [3.05, 3.63) is 52.6 Å². The molecule has 188 valence electrons. The maximum atomic E-state index is 12.5. The van der Waals surface area contributed by atoms with E-state index in [-0.39, 0.29) is 25.2 Å². The summed E-state index contributed by atoms with van der Waals surface area (Å²) in [5.41, 5.74) is 5.45. The van der Waals surface area contributed by atoms with Crippen molar-refractivity contribution in [3.63, 3.8) is 0 Å². The van der Waals surface area contributed by atoms with E-state index in [1.807, 2.05) is 24.8 Å². The first-order valence-corrected chi connectivity index (χ1v) is 12.2. The number of ether oxygens (including phenoxy) is 1. The van der Waals surface area contributed by atoms with Crippen LogP contribution in [-0.4, -0.2) is 64.9 Å². The van der Waals surface area contributed by atoms with Crippen LogP contribution in [0.25, 0.3) is 22.8 Å². The highest BCUT2D eigenvalue weighted by Gasteiger charge is 2.22. The third kappa shape index (κ3) is 5.56. The Kier molecular flexibility index (Phi) is 7.98. The van der Waals surface area contributed by atoms with Gasteiger partial charge >= 0.3 is 0 Å². The van der Waals surface area contributed by atoms with Gasteiger partial charge in [0.15, 0.2) is 0 Å². The van der Waals surface area contributed by atoms with Crippen LogP contribution in [0, 0.1) is 18.3 Å². The van der Waals surface area contributed by atoms with Gasteiger partial charge in [-0.3, -0.25) is 4.79 Å². The summed E-state index contributed by atoms with van der Waals surface area (Å²) in [6.45, 7) is 7.81. The number of fused-ring (bicyclic) bond motifs is 1. The van der Waals surface area contributed by atoms with Crippen LogP contribution >= 0.6 is 0 Å². The van der Waals surface area contributed by atoms with Gasteiger partial charge in [0.1, 0.15) is 11.8 Å². The molecule has 1 amide bonds. The van der Waals surface area contributed by atoms with Gasteiger partial charge in [-0.2, -0.15) is 10.2 Å². The van der Waals surface area contributed by atoms with Crippen molar-refractivity contribution in [2.75, 3.05) is 32.8 Å². The maximum Gasteiger partial charge on any atom is 0.258 e. The fourth-order valence-electron chi connectivity index (χ4n) is 4.44. The predicted octanol–water partition coefficient (Wildman–Crippen LogP) is 2.88. The second kappa shape index (κ2) is 11.3. The van der Waals surface area contributed by atoms with Gasteiger partial charge in [0, 0.05) is 30.8 Å². The normalized spacial score (nSPS) is 13.3. The molecular weight excluding hydrogens is 458 g/mol. The Morgan fingerprint density at radius 1 is 1.28 bits per heavy atom. The molecule has 2 aromatic carbocycles. The highest BCUT2D eigenvalue weighted by Crippen LogP contribution is 2.31.